The molecule has 2 heterocycles. The minimum absolute atomic E-state index is 0.550. The van der Waals surface area contributed by atoms with Gasteiger partial charge >= 0.3 is 0 Å². The third-order valence-electron chi connectivity index (χ3n) is 3.65. The van der Waals surface area contributed by atoms with E-state index in [-0.39, 0.29) is 0 Å². The van der Waals surface area contributed by atoms with Crippen molar-refractivity contribution in [3.05, 3.63) is 47.8 Å². The van der Waals surface area contributed by atoms with Crippen LogP contribution in [-0.4, -0.2) is 22.9 Å². The zero-order chi connectivity index (χ0) is 13.1. The molecule has 1 fully saturated rings. The van der Waals surface area contributed by atoms with Gasteiger partial charge in [-0.15, -0.1) is 0 Å². The first-order valence-electron chi connectivity index (χ1n) is 6.63. The van der Waals surface area contributed by atoms with Crippen molar-refractivity contribution in [2.75, 3.05) is 13.1 Å². The third kappa shape index (κ3) is 2.38. The van der Waals surface area contributed by atoms with E-state index in [0.29, 0.717) is 11.5 Å². The summed E-state index contributed by atoms with van der Waals surface area (Å²) < 4.78 is 1.97. The molecule has 0 aliphatic carbocycles. The van der Waals surface area contributed by atoms with Crippen molar-refractivity contribution in [2.45, 2.75) is 18.8 Å². The summed E-state index contributed by atoms with van der Waals surface area (Å²) in [5.74, 6) is 0.550. The van der Waals surface area contributed by atoms with Gasteiger partial charge in [0.25, 0.3) is 0 Å². The van der Waals surface area contributed by atoms with E-state index in [0.717, 1.165) is 31.6 Å². The quantitative estimate of drug-likeness (QED) is 0.891. The molecule has 0 bridgehead atoms. The summed E-state index contributed by atoms with van der Waals surface area (Å²) in [6.45, 7) is 2.13. The van der Waals surface area contributed by atoms with Gasteiger partial charge in [-0.25, -0.2) is 4.68 Å². The number of rotatable bonds is 2. The second-order valence-electron chi connectivity index (χ2n) is 4.85. The summed E-state index contributed by atoms with van der Waals surface area (Å²) in [4.78, 5) is 0. The van der Waals surface area contributed by atoms with Gasteiger partial charge in [-0.3, -0.25) is 0 Å². The van der Waals surface area contributed by atoms with Crippen LogP contribution >= 0.6 is 0 Å². The van der Waals surface area contributed by atoms with Gasteiger partial charge in [-0.2, -0.15) is 10.4 Å². The molecule has 1 aromatic heterocycles. The Hall–Kier alpha value is -2.12. The molecule has 0 amide bonds. The first kappa shape index (κ1) is 11.9. The molecule has 4 heteroatoms. The Kier molecular flexibility index (Phi) is 3.30. The molecule has 0 spiro atoms. The van der Waals surface area contributed by atoms with Crippen LogP contribution in [0.25, 0.3) is 5.69 Å². The van der Waals surface area contributed by atoms with Crippen molar-refractivity contribution in [3.8, 4) is 11.8 Å². The fourth-order valence-electron chi connectivity index (χ4n) is 2.66. The summed E-state index contributed by atoms with van der Waals surface area (Å²) in [6, 6.07) is 11.9. The van der Waals surface area contributed by atoms with Crippen LogP contribution in [0.5, 0.6) is 0 Å². The Balaban J connectivity index is 1.97. The molecule has 1 aliphatic heterocycles. The molecule has 19 heavy (non-hydrogen) atoms. The summed E-state index contributed by atoms with van der Waals surface area (Å²) in [5, 5.41) is 16.8. The average Bonchev–Trinajstić information content (AvgIpc) is 2.98. The van der Waals surface area contributed by atoms with E-state index in [2.05, 4.69) is 22.6 Å². The van der Waals surface area contributed by atoms with E-state index in [1.54, 1.807) is 0 Å². The summed E-state index contributed by atoms with van der Waals surface area (Å²) >= 11 is 0. The molecular weight excluding hydrogens is 236 g/mol. The Morgan fingerprint density at radius 2 is 2.11 bits per heavy atom. The van der Waals surface area contributed by atoms with E-state index in [4.69, 9.17) is 5.26 Å². The maximum absolute atomic E-state index is 8.99. The number of piperidine rings is 1. The van der Waals surface area contributed by atoms with Crippen LogP contribution in [0.3, 0.4) is 0 Å². The Morgan fingerprint density at radius 1 is 1.26 bits per heavy atom. The molecule has 2 aromatic rings. The number of nitrogens with one attached hydrogen (secondary N) is 1. The van der Waals surface area contributed by atoms with Crippen LogP contribution in [0.15, 0.2) is 36.5 Å². The first-order chi connectivity index (χ1) is 9.38. The molecule has 1 aromatic carbocycles. The number of benzene rings is 1. The zero-order valence-corrected chi connectivity index (χ0v) is 10.7. The SMILES string of the molecule is N#Cc1cccc(-n2nccc2C2CCNCC2)c1. The summed E-state index contributed by atoms with van der Waals surface area (Å²) in [6.07, 6.45) is 4.13. The lowest BCUT2D eigenvalue weighted by Gasteiger charge is -2.23. The van der Waals surface area contributed by atoms with Crippen LogP contribution < -0.4 is 5.32 Å². The van der Waals surface area contributed by atoms with Gasteiger partial charge in [0, 0.05) is 17.8 Å². The van der Waals surface area contributed by atoms with Crippen LogP contribution in [0.1, 0.15) is 30.0 Å². The van der Waals surface area contributed by atoms with E-state index in [9.17, 15) is 0 Å². The van der Waals surface area contributed by atoms with E-state index >= 15 is 0 Å². The molecule has 4 nitrogen and oxygen atoms in total. The number of hydrogen-bond donors (Lipinski definition) is 1. The summed E-state index contributed by atoms with van der Waals surface area (Å²) in [5.41, 5.74) is 2.89. The van der Waals surface area contributed by atoms with E-state index < -0.39 is 0 Å². The lowest BCUT2D eigenvalue weighted by Crippen LogP contribution is -2.27. The normalized spacial score (nSPS) is 16.2. The second kappa shape index (κ2) is 5.25. The number of nitriles is 1. The van der Waals surface area contributed by atoms with Gasteiger partial charge in [0.2, 0.25) is 0 Å². The Morgan fingerprint density at radius 3 is 2.89 bits per heavy atom. The Labute approximate surface area is 112 Å². The van der Waals surface area contributed by atoms with Crippen LogP contribution in [0, 0.1) is 11.3 Å². The first-order valence-corrected chi connectivity index (χ1v) is 6.63. The highest BCUT2D eigenvalue weighted by molar-refractivity contribution is 5.42. The number of aromatic nitrogens is 2. The van der Waals surface area contributed by atoms with Crippen molar-refractivity contribution in [1.82, 2.24) is 15.1 Å². The van der Waals surface area contributed by atoms with E-state index in [1.807, 2.05) is 35.1 Å². The topological polar surface area (TPSA) is 53.6 Å². The maximum Gasteiger partial charge on any atom is 0.0992 e. The largest absolute Gasteiger partial charge is 0.317 e. The lowest BCUT2D eigenvalue weighted by molar-refractivity contribution is 0.446. The smallest absolute Gasteiger partial charge is 0.0992 e. The van der Waals surface area contributed by atoms with Crippen molar-refractivity contribution in [1.29, 1.82) is 5.26 Å². The predicted molar refractivity (Wildman–Crippen MR) is 73.1 cm³/mol. The highest BCUT2D eigenvalue weighted by atomic mass is 15.3. The molecule has 0 radical (unpaired) electrons. The zero-order valence-electron chi connectivity index (χ0n) is 10.7. The molecule has 1 N–H and O–H groups in total. The van der Waals surface area contributed by atoms with Crippen LogP contribution in [-0.2, 0) is 0 Å². The molecule has 1 aliphatic rings. The van der Waals surface area contributed by atoms with E-state index in [1.165, 1.54) is 5.69 Å². The second-order valence-corrected chi connectivity index (χ2v) is 4.85. The molecule has 3 rings (SSSR count). The molecule has 0 unspecified atom stereocenters. The number of nitrogens with zero attached hydrogens (tertiary/aromatic N) is 3. The van der Waals surface area contributed by atoms with Crippen molar-refractivity contribution in [2.24, 2.45) is 0 Å². The van der Waals surface area contributed by atoms with Gasteiger partial charge in [0.15, 0.2) is 0 Å². The monoisotopic (exact) mass is 252 g/mol. The fourth-order valence-corrected chi connectivity index (χ4v) is 2.66. The maximum atomic E-state index is 8.99. The van der Waals surface area contributed by atoms with Crippen molar-refractivity contribution >= 4 is 0 Å². The highest BCUT2D eigenvalue weighted by Gasteiger charge is 2.19. The number of hydrogen-bond acceptors (Lipinski definition) is 3. The van der Waals surface area contributed by atoms with Crippen molar-refractivity contribution < 1.29 is 0 Å². The van der Waals surface area contributed by atoms with Crippen molar-refractivity contribution in [3.63, 3.8) is 0 Å². The molecule has 96 valence electrons. The summed E-state index contributed by atoms with van der Waals surface area (Å²) in [7, 11) is 0. The minimum atomic E-state index is 0.550. The molecular formula is C15H16N4. The van der Waals surface area contributed by atoms with Gasteiger partial charge in [0.1, 0.15) is 0 Å². The third-order valence-corrected chi connectivity index (χ3v) is 3.65. The molecule has 1 saturated heterocycles. The molecule has 0 atom stereocenters. The highest BCUT2D eigenvalue weighted by Crippen LogP contribution is 2.26. The molecule has 0 saturated carbocycles. The standard InChI is InChI=1S/C15H16N4/c16-11-12-2-1-3-14(10-12)19-15(6-9-18-19)13-4-7-17-8-5-13/h1-3,6,9-10,13,17H,4-5,7-8H2. The van der Waals surface area contributed by atoms with Gasteiger partial charge in [0.05, 0.1) is 17.3 Å². The fraction of sp³-hybridized carbons (Fsp3) is 0.333. The average molecular weight is 252 g/mol. The van der Waals surface area contributed by atoms with Gasteiger partial charge in [-0.05, 0) is 50.2 Å². The van der Waals surface area contributed by atoms with Gasteiger partial charge < -0.3 is 5.32 Å². The van der Waals surface area contributed by atoms with Crippen LogP contribution in [0.4, 0.5) is 0 Å². The lowest BCUT2D eigenvalue weighted by atomic mass is 9.94. The van der Waals surface area contributed by atoms with Gasteiger partial charge in [-0.1, -0.05) is 6.07 Å². The Bertz CT molecular complexity index is 603. The van der Waals surface area contributed by atoms with Crippen LogP contribution in [0.2, 0.25) is 0 Å². The predicted octanol–water partition coefficient (Wildman–Crippen LogP) is 2.21. The minimum Gasteiger partial charge on any atom is -0.317 e.